The molecule has 1 N–H and O–H groups in total. The first-order chi connectivity index (χ1) is 8.76. The molecule has 4 heteroatoms. The van der Waals surface area contributed by atoms with Crippen LogP contribution in [0, 0.1) is 11.3 Å². The first-order valence-electron chi connectivity index (χ1n) is 5.96. The second kappa shape index (κ2) is 5.37. The molecular weight excluding hydrogens is 226 g/mol. The van der Waals surface area contributed by atoms with Gasteiger partial charge in [-0.05, 0) is 23.4 Å². The van der Waals surface area contributed by atoms with Gasteiger partial charge in [-0.3, -0.25) is 4.79 Å². The zero-order valence-corrected chi connectivity index (χ0v) is 10.3. The van der Waals surface area contributed by atoms with Crippen LogP contribution in [0.15, 0.2) is 30.5 Å². The average Bonchev–Trinajstić information content (AvgIpc) is 2.79. The van der Waals surface area contributed by atoms with E-state index in [4.69, 9.17) is 5.26 Å². The summed E-state index contributed by atoms with van der Waals surface area (Å²) in [5, 5.41) is 12.1. The maximum atomic E-state index is 11.6. The van der Waals surface area contributed by atoms with Gasteiger partial charge in [0.05, 0.1) is 11.6 Å². The van der Waals surface area contributed by atoms with Gasteiger partial charge < -0.3 is 9.88 Å². The number of fused-ring (bicyclic) bond motifs is 1. The molecule has 1 aromatic heterocycles. The Morgan fingerprint density at radius 3 is 3.00 bits per heavy atom. The van der Waals surface area contributed by atoms with Crippen molar-refractivity contribution < 1.29 is 4.79 Å². The lowest BCUT2D eigenvalue weighted by molar-refractivity contribution is -0.121. The highest BCUT2D eigenvalue weighted by Gasteiger charge is 2.08. The third-order valence-corrected chi connectivity index (χ3v) is 2.93. The van der Waals surface area contributed by atoms with Crippen LogP contribution < -0.4 is 5.32 Å². The number of rotatable bonds is 4. The Morgan fingerprint density at radius 1 is 1.44 bits per heavy atom. The second-order valence-corrected chi connectivity index (χ2v) is 4.09. The van der Waals surface area contributed by atoms with Gasteiger partial charge in [0.1, 0.15) is 13.1 Å². The van der Waals surface area contributed by atoms with E-state index in [1.165, 1.54) is 5.56 Å². The van der Waals surface area contributed by atoms with Crippen molar-refractivity contribution in [1.29, 1.82) is 5.26 Å². The number of nitriles is 1. The van der Waals surface area contributed by atoms with Crippen LogP contribution in [-0.4, -0.2) is 17.0 Å². The van der Waals surface area contributed by atoms with Gasteiger partial charge in [0, 0.05) is 6.20 Å². The van der Waals surface area contributed by atoms with Crippen molar-refractivity contribution in [2.75, 3.05) is 6.54 Å². The predicted molar refractivity (Wildman–Crippen MR) is 69.9 cm³/mol. The Kier molecular flexibility index (Phi) is 3.63. The van der Waals surface area contributed by atoms with E-state index in [1.54, 1.807) is 0 Å². The fourth-order valence-electron chi connectivity index (χ4n) is 2.11. The Bertz CT molecular complexity index is 607. The van der Waals surface area contributed by atoms with Gasteiger partial charge in [0.25, 0.3) is 0 Å². The molecule has 1 heterocycles. The number of hydrogen-bond acceptors (Lipinski definition) is 2. The third-order valence-electron chi connectivity index (χ3n) is 2.93. The molecule has 0 saturated carbocycles. The molecule has 0 radical (unpaired) electrons. The van der Waals surface area contributed by atoms with Crippen molar-refractivity contribution in [3.05, 3.63) is 36.0 Å². The van der Waals surface area contributed by atoms with Crippen LogP contribution in [0.4, 0.5) is 0 Å². The van der Waals surface area contributed by atoms with Crippen molar-refractivity contribution in [3.63, 3.8) is 0 Å². The summed E-state index contributed by atoms with van der Waals surface area (Å²) >= 11 is 0. The zero-order chi connectivity index (χ0) is 13.0. The maximum absolute atomic E-state index is 11.6. The first kappa shape index (κ1) is 12.2. The molecule has 2 rings (SSSR count). The highest BCUT2D eigenvalue weighted by atomic mass is 16.1. The Morgan fingerprint density at radius 2 is 2.28 bits per heavy atom. The minimum Gasteiger partial charge on any atom is -0.341 e. The van der Waals surface area contributed by atoms with Crippen molar-refractivity contribution in [2.24, 2.45) is 0 Å². The first-order valence-corrected chi connectivity index (χ1v) is 5.96. The molecule has 2 aromatic rings. The lowest BCUT2D eigenvalue weighted by Gasteiger charge is -2.08. The lowest BCUT2D eigenvalue weighted by atomic mass is 10.1. The van der Waals surface area contributed by atoms with Gasteiger partial charge in [0.15, 0.2) is 0 Å². The van der Waals surface area contributed by atoms with Gasteiger partial charge in [-0.25, -0.2) is 0 Å². The monoisotopic (exact) mass is 241 g/mol. The fraction of sp³-hybridized carbons (Fsp3) is 0.286. The lowest BCUT2D eigenvalue weighted by Crippen LogP contribution is -2.27. The van der Waals surface area contributed by atoms with E-state index in [0.29, 0.717) is 0 Å². The van der Waals surface area contributed by atoms with Crippen LogP contribution >= 0.6 is 0 Å². The number of aryl methyl sites for hydroxylation is 1. The summed E-state index contributed by atoms with van der Waals surface area (Å²) in [4.78, 5) is 11.6. The fourth-order valence-corrected chi connectivity index (χ4v) is 2.11. The van der Waals surface area contributed by atoms with E-state index >= 15 is 0 Å². The van der Waals surface area contributed by atoms with E-state index in [0.717, 1.165) is 17.3 Å². The number of carbonyl (C=O) groups excluding carboxylic acids is 1. The van der Waals surface area contributed by atoms with E-state index in [1.807, 2.05) is 35.0 Å². The van der Waals surface area contributed by atoms with Gasteiger partial charge in [0.2, 0.25) is 5.91 Å². The number of hydrogen-bond donors (Lipinski definition) is 1. The third kappa shape index (κ3) is 2.35. The molecule has 0 atom stereocenters. The summed E-state index contributed by atoms with van der Waals surface area (Å²) in [5.74, 6) is -0.139. The molecule has 0 aliphatic rings. The molecule has 0 fully saturated rings. The van der Waals surface area contributed by atoms with Gasteiger partial charge in [-0.15, -0.1) is 0 Å². The zero-order valence-electron chi connectivity index (χ0n) is 10.3. The molecular formula is C14H15N3O. The number of nitrogens with zero attached hydrogens (tertiary/aromatic N) is 2. The molecule has 18 heavy (non-hydrogen) atoms. The quantitative estimate of drug-likeness (QED) is 0.830. The van der Waals surface area contributed by atoms with Crippen molar-refractivity contribution in [3.8, 4) is 6.07 Å². The summed E-state index contributed by atoms with van der Waals surface area (Å²) in [6, 6.07) is 10.0. The summed E-state index contributed by atoms with van der Waals surface area (Å²) < 4.78 is 1.93. The molecule has 92 valence electrons. The number of amides is 1. The van der Waals surface area contributed by atoms with Gasteiger partial charge in [-0.2, -0.15) is 5.26 Å². The predicted octanol–water partition coefficient (Wildman–Crippen LogP) is 1.84. The normalized spacial score (nSPS) is 10.2. The van der Waals surface area contributed by atoms with Crippen molar-refractivity contribution in [1.82, 2.24) is 9.88 Å². The molecule has 0 aliphatic heterocycles. The molecule has 1 amide bonds. The summed E-state index contributed by atoms with van der Waals surface area (Å²) in [6.07, 6.45) is 2.84. The summed E-state index contributed by atoms with van der Waals surface area (Å²) in [5.41, 5.74) is 2.33. The van der Waals surface area contributed by atoms with Crippen LogP contribution in [0.25, 0.3) is 10.9 Å². The van der Waals surface area contributed by atoms with Gasteiger partial charge >= 0.3 is 0 Å². The standard InChI is InChI=1S/C14H15N3O/c1-2-11-4-3-5-12-6-9-17(14(11)12)10-13(18)16-8-7-15/h3-6,9H,2,8,10H2,1H3,(H,16,18). The highest BCUT2D eigenvalue weighted by Crippen LogP contribution is 2.20. The summed E-state index contributed by atoms with van der Waals surface area (Å²) in [6.45, 7) is 2.41. The largest absolute Gasteiger partial charge is 0.341 e. The number of nitrogens with one attached hydrogen (secondary N) is 1. The van der Waals surface area contributed by atoms with Crippen molar-refractivity contribution in [2.45, 2.75) is 19.9 Å². The Balaban J connectivity index is 2.29. The van der Waals surface area contributed by atoms with Crippen LogP contribution in [0.5, 0.6) is 0 Å². The van der Waals surface area contributed by atoms with Gasteiger partial charge in [-0.1, -0.05) is 25.1 Å². The van der Waals surface area contributed by atoms with Crippen LogP contribution in [-0.2, 0) is 17.8 Å². The molecule has 0 unspecified atom stereocenters. The number of carbonyl (C=O) groups is 1. The topological polar surface area (TPSA) is 57.8 Å². The van der Waals surface area contributed by atoms with Crippen LogP contribution in [0.2, 0.25) is 0 Å². The number of aromatic nitrogens is 1. The maximum Gasteiger partial charge on any atom is 0.240 e. The number of para-hydroxylation sites is 1. The second-order valence-electron chi connectivity index (χ2n) is 4.09. The molecule has 0 aliphatic carbocycles. The summed E-state index contributed by atoms with van der Waals surface area (Å²) in [7, 11) is 0. The van der Waals surface area contributed by atoms with Crippen LogP contribution in [0.1, 0.15) is 12.5 Å². The van der Waals surface area contributed by atoms with E-state index in [9.17, 15) is 4.79 Å². The molecule has 0 saturated heterocycles. The van der Waals surface area contributed by atoms with Crippen LogP contribution in [0.3, 0.4) is 0 Å². The molecule has 0 spiro atoms. The van der Waals surface area contributed by atoms with E-state index < -0.39 is 0 Å². The average molecular weight is 241 g/mol. The molecule has 0 bridgehead atoms. The SMILES string of the molecule is CCc1cccc2ccn(CC(=O)NCC#N)c12. The number of benzene rings is 1. The van der Waals surface area contributed by atoms with Crippen molar-refractivity contribution >= 4 is 16.8 Å². The van der Waals surface area contributed by atoms with E-state index in [2.05, 4.69) is 18.3 Å². The minimum absolute atomic E-state index is 0.0542. The Hall–Kier alpha value is -2.28. The Labute approximate surface area is 106 Å². The minimum atomic E-state index is -0.139. The van der Waals surface area contributed by atoms with E-state index in [-0.39, 0.29) is 19.0 Å². The molecule has 1 aromatic carbocycles. The smallest absolute Gasteiger partial charge is 0.240 e. The highest BCUT2D eigenvalue weighted by molar-refractivity contribution is 5.85. The molecule has 4 nitrogen and oxygen atoms in total.